The summed E-state index contributed by atoms with van der Waals surface area (Å²) in [5.74, 6) is 0. The average molecular weight is 331 g/mol. The highest BCUT2D eigenvalue weighted by Crippen LogP contribution is 2.45. The zero-order valence-corrected chi connectivity index (χ0v) is 11.3. The molecule has 17 heavy (non-hydrogen) atoms. The zero-order valence-electron chi connectivity index (χ0n) is 8.85. The van der Waals surface area contributed by atoms with Crippen LogP contribution in [0.5, 0.6) is 0 Å². The molecule has 1 heterocycles. The van der Waals surface area contributed by atoms with Crippen LogP contribution in [0, 0.1) is 0 Å². The van der Waals surface area contributed by atoms with Crippen molar-refractivity contribution < 1.29 is 13.2 Å². The van der Waals surface area contributed by atoms with Crippen molar-refractivity contribution >= 4 is 28.3 Å². The maximum Gasteiger partial charge on any atom is 0.399 e. The minimum Gasteiger partial charge on any atom is -0.315 e. The smallest absolute Gasteiger partial charge is 0.315 e. The van der Waals surface area contributed by atoms with Crippen molar-refractivity contribution in [1.82, 2.24) is 5.32 Å². The first-order valence-corrected chi connectivity index (χ1v) is 5.78. The predicted molar refractivity (Wildman–Crippen MR) is 66.6 cm³/mol. The van der Waals surface area contributed by atoms with Gasteiger partial charge in [-0.1, -0.05) is 28.1 Å². The van der Waals surface area contributed by atoms with Gasteiger partial charge in [-0.25, -0.2) is 0 Å². The molecule has 0 saturated carbocycles. The van der Waals surface area contributed by atoms with E-state index in [2.05, 4.69) is 21.2 Å². The number of alkyl halides is 3. The lowest BCUT2D eigenvalue weighted by atomic mass is 9.79. The van der Waals surface area contributed by atoms with Crippen molar-refractivity contribution in [3.8, 4) is 0 Å². The number of halogens is 5. The minimum absolute atomic E-state index is 0. The fourth-order valence-electron chi connectivity index (χ4n) is 2.13. The fraction of sp³-hybridized carbons (Fsp3) is 0.455. The zero-order chi connectivity index (χ0) is 11.8. The van der Waals surface area contributed by atoms with Gasteiger partial charge in [0.1, 0.15) is 5.41 Å². The number of benzene rings is 1. The highest BCUT2D eigenvalue weighted by molar-refractivity contribution is 9.10. The highest BCUT2D eigenvalue weighted by atomic mass is 79.9. The van der Waals surface area contributed by atoms with Crippen LogP contribution < -0.4 is 5.32 Å². The molecular formula is C11H12BrClF3N. The van der Waals surface area contributed by atoms with Crippen LogP contribution in [-0.4, -0.2) is 19.3 Å². The monoisotopic (exact) mass is 329 g/mol. The summed E-state index contributed by atoms with van der Waals surface area (Å²) in [6, 6.07) is 6.48. The summed E-state index contributed by atoms with van der Waals surface area (Å²) in [6.45, 7) is 0.374. The van der Waals surface area contributed by atoms with Gasteiger partial charge in [0.25, 0.3) is 0 Å². The van der Waals surface area contributed by atoms with Crippen LogP contribution in [-0.2, 0) is 5.41 Å². The van der Waals surface area contributed by atoms with E-state index < -0.39 is 11.6 Å². The number of hydrogen-bond acceptors (Lipinski definition) is 1. The molecule has 0 aliphatic carbocycles. The third-order valence-electron chi connectivity index (χ3n) is 3.08. The van der Waals surface area contributed by atoms with E-state index in [1.54, 1.807) is 24.3 Å². The summed E-state index contributed by atoms with van der Waals surface area (Å²) in [5.41, 5.74) is -1.39. The minimum atomic E-state index is -4.21. The number of hydrogen-bond donors (Lipinski definition) is 1. The summed E-state index contributed by atoms with van der Waals surface area (Å²) in [5, 5.41) is 2.80. The lowest BCUT2D eigenvalue weighted by molar-refractivity contribution is -0.185. The quantitative estimate of drug-likeness (QED) is 0.828. The molecule has 0 aromatic heterocycles. The summed E-state index contributed by atoms with van der Waals surface area (Å²) in [7, 11) is 0. The van der Waals surface area contributed by atoms with Crippen molar-refractivity contribution in [2.45, 2.75) is 18.0 Å². The van der Waals surface area contributed by atoms with Crippen molar-refractivity contribution in [2.24, 2.45) is 0 Å². The molecule has 1 atom stereocenters. The second-order valence-electron chi connectivity index (χ2n) is 4.02. The Hall–Kier alpha value is -0.260. The molecule has 6 heteroatoms. The van der Waals surface area contributed by atoms with Crippen LogP contribution in [0.1, 0.15) is 12.0 Å². The average Bonchev–Trinajstić information content (AvgIpc) is 2.66. The maximum absolute atomic E-state index is 13.2. The Kier molecular flexibility index (Phi) is 4.49. The molecule has 0 radical (unpaired) electrons. The van der Waals surface area contributed by atoms with E-state index in [0.29, 0.717) is 16.6 Å². The summed E-state index contributed by atoms with van der Waals surface area (Å²) < 4.78 is 40.2. The number of nitrogens with one attached hydrogen (secondary N) is 1. The van der Waals surface area contributed by atoms with Crippen LogP contribution >= 0.6 is 28.3 Å². The topological polar surface area (TPSA) is 12.0 Å². The van der Waals surface area contributed by atoms with Gasteiger partial charge >= 0.3 is 6.18 Å². The second-order valence-corrected chi connectivity index (χ2v) is 4.93. The van der Waals surface area contributed by atoms with Crippen LogP contribution in [0.25, 0.3) is 0 Å². The molecule has 1 unspecified atom stereocenters. The second kappa shape index (κ2) is 5.16. The first-order valence-electron chi connectivity index (χ1n) is 4.99. The van der Waals surface area contributed by atoms with Crippen molar-refractivity contribution in [3.63, 3.8) is 0 Å². The molecule has 0 spiro atoms. The van der Waals surface area contributed by atoms with Gasteiger partial charge in [-0.2, -0.15) is 13.2 Å². The Morgan fingerprint density at radius 3 is 2.47 bits per heavy atom. The molecule has 1 N–H and O–H groups in total. The van der Waals surface area contributed by atoms with Gasteiger partial charge in [-0.3, -0.25) is 0 Å². The first kappa shape index (κ1) is 14.8. The predicted octanol–water partition coefficient (Wildman–Crippen LogP) is 3.66. The molecular weight excluding hydrogens is 318 g/mol. The molecule has 1 nitrogen and oxygen atoms in total. The lowest BCUT2D eigenvalue weighted by Gasteiger charge is -2.31. The molecule has 1 fully saturated rings. The van der Waals surface area contributed by atoms with Crippen LogP contribution in [0.15, 0.2) is 28.7 Å². The Bertz CT molecular complexity index is 389. The van der Waals surface area contributed by atoms with E-state index in [4.69, 9.17) is 0 Å². The fourth-order valence-corrected chi connectivity index (χ4v) is 2.53. The van der Waals surface area contributed by atoms with E-state index in [9.17, 15) is 13.2 Å². The summed E-state index contributed by atoms with van der Waals surface area (Å²) >= 11 is 3.21. The van der Waals surface area contributed by atoms with Crippen LogP contribution in [0.2, 0.25) is 0 Å². The van der Waals surface area contributed by atoms with Crippen LogP contribution in [0.3, 0.4) is 0 Å². The Morgan fingerprint density at radius 2 is 2.00 bits per heavy atom. The Labute approximate surface area is 112 Å². The van der Waals surface area contributed by atoms with Crippen molar-refractivity contribution in [1.29, 1.82) is 0 Å². The molecule has 1 aliphatic rings. The molecule has 1 saturated heterocycles. The Balaban J connectivity index is 0.00000144. The number of rotatable bonds is 1. The third kappa shape index (κ3) is 2.61. The first-order chi connectivity index (χ1) is 7.46. The molecule has 1 aromatic carbocycles. The van der Waals surface area contributed by atoms with Gasteiger partial charge in [0.15, 0.2) is 0 Å². The van der Waals surface area contributed by atoms with Gasteiger partial charge in [0.05, 0.1) is 0 Å². The normalized spacial score (nSPS) is 24.5. The standard InChI is InChI=1S/C11H11BrF3N.ClH/c12-9-3-1-2-8(6-9)10(11(13,14)15)4-5-16-7-10;/h1-3,6,16H,4-5,7H2;1H. The van der Waals surface area contributed by atoms with E-state index in [1.165, 1.54) is 0 Å². The summed E-state index contributed by atoms with van der Waals surface area (Å²) in [4.78, 5) is 0. The van der Waals surface area contributed by atoms with Gasteiger partial charge < -0.3 is 5.32 Å². The van der Waals surface area contributed by atoms with Gasteiger partial charge in [0.2, 0.25) is 0 Å². The SMILES string of the molecule is Cl.FC(F)(F)C1(c2cccc(Br)c2)CCNC1. The van der Waals surface area contributed by atoms with E-state index in [0.717, 1.165) is 0 Å². The lowest BCUT2D eigenvalue weighted by Crippen LogP contribution is -2.44. The van der Waals surface area contributed by atoms with Crippen molar-refractivity contribution in [3.05, 3.63) is 34.3 Å². The molecule has 2 rings (SSSR count). The highest BCUT2D eigenvalue weighted by Gasteiger charge is 2.57. The molecule has 0 amide bonds. The van der Waals surface area contributed by atoms with Crippen LogP contribution in [0.4, 0.5) is 13.2 Å². The summed E-state index contributed by atoms with van der Waals surface area (Å²) in [6.07, 6.45) is -4.11. The molecule has 96 valence electrons. The Morgan fingerprint density at radius 1 is 1.29 bits per heavy atom. The van der Waals surface area contributed by atoms with E-state index in [-0.39, 0.29) is 25.4 Å². The van der Waals surface area contributed by atoms with Gasteiger partial charge in [0, 0.05) is 11.0 Å². The maximum atomic E-state index is 13.2. The van der Waals surface area contributed by atoms with E-state index in [1.807, 2.05) is 0 Å². The van der Waals surface area contributed by atoms with Crippen molar-refractivity contribution in [2.75, 3.05) is 13.1 Å². The van der Waals surface area contributed by atoms with Gasteiger partial charge in [-0.05, 0) is 30.7 Å². The molecule has 1 aromatic rings. The van der Waals surface area contributed by atoms with Gasteiger partial charge in [-0.15, -0.1) is 12.4 Å². The molecule has 0 bridgehead atoms. The van der Waals surface area contributed by atoms with E-state index >= 15 is 0 Å². The molecule has 1 aliphatic heterocycles. The largest absolute Gasteiger partial charge is 0.399 e. The third-order valence-corrected chi connectivity index (χ3v) is 3.57.